The van der Waals surface area contributed by atoms with Crippen molar-refractivity contribution in [2.24, 2.45) is 0 Å². The monoisotopic (exact) mass is 448 g/mol. The van der Waals surface area contributed by atoms with Crippen molar-refractivity contribution in [3.05, 3.63) is 65.4 Å². The van der Waals surface area contributed by atoms with Gasteiger partial charge in [0.25, 0.3) is 0 Å². The number of aryl methyl sites for hydroxylation is 2. The fourth-order valence-electron chi connectivity index (χ4n) is 3.48. The van der Waals surface area contributed by atoms with Crippen LogP contribution in [-0.2, 0) is 11.3 Å². The lowest BCUT2D eigenvalue weighted by Crippen LogP contribution is -2.34. The molecule has 7 nitrogen and oxygen atoms in total. The number of likely N-dealkylation sites (N-methyl/N-ethyl adjacent to an activating group) is 1. The third-order valence-electron chi connectivity index (χ3n) is 5.27. The lowest BCUT2D eigenvalue weighted by molar-refractivity contribution is -0.119. The van der Waals surface area contributed by atoms with E-state index < -0.39 is 0 Å². The number of fused-ring (bicyclic) bond motifs is 1. The number of hydrogen-bond donors (Lipinski definition) is 1. The minimum absolute atomic E-state index is 0.0412. The van der Waals surface area contributed by atoms with Crippen molar-refractivity contribution >= 4 is 38.4 Å². The van der Waals surface area contributed by atoms with E-state index in [1.807, 2.05) is 61.9 Å². The van der Waals surface area contributed by atoms with Gasteiger partial charge in [-0.25, -0.2) is 4.68 Å². The van der Waals surface area contributed by atoms with Gasteiger partial charge in [0, 0.05) is 33.4 Å². The van der Waals surface area contributed by atoms with E-state index >= 15 is 0 Å². The minimum Gasteiger partial charge on any atom is -0.378 e. The third-order valence-corrected chi connectivity index (χ3v) is 6.54. The second-order valence-electron chi connectivity index (χ2n) is 8.18. The molecule has 0 aliphatic rings. The summed E-state index contributed by atoms with van der Waals surface area (Å²) >= 11 is 1.56. The molecule has 1 N–H and O–H groups in total. The van der Waals surface area contributed by atoms with E-state index in [0.717, 1.165) is 38.1 Å². The third kappa shape index (κ3) is 4.60. The smallest absolute Gasteiger partial charge is 0.239 e. The molecule has 2 aromatic heterocycles. The van der Waals surface area contributed by atoms with E-state index in [1.54, 1.807) is 11.3 Å². The summed E-state index contributed by atoms with van der Waals surface area (Å²) in [7, 11) is 5.91. The van der Waals surface area contributed by atoms with E-state index in [0.29, 0.717) is 6.54 Å². The molecule has 0 saturated carbocycles. The molecule has 0 bridgehead atoms. The van der Waals surface area contributed by atoms with Crippen molar-refractivity contribution in [2.75, 3.05) is 37.5 Å². The highest BCUT2D eigenvalue weighted by atomic mass is 32.1. The van der Waals surface area contributed by atoms with Crippen LogP contribution in [0, 0.1) is 13.8 Å². The first-order valence-electron chi connectivity index (χ1n) is 10.5. The Morgan fingerprint density at radius 3 is 2.53 bits per heavy atom. The van der Waals surface area contributed by atoms with Gasteiger partial charge < -0.3 is 15.1 Å². The highest BCUT2D eigenvalue weighted by Gasteiger charge is 2.18. The van der Waals surface area contributed by atoms with Crippen molar-refractivity contribution in [1.82, 2.24) is 20.1 Å². The lowest BCUT2D eigenvalue weighted by atomic mass is 10.2. The summed E-state index contributed by atoms with van der Waals surface area (Å²) in [6.07, 6.45) is 0. The molecule has 2 aromatic carbocycles. The zero-order valence-electron chi connectivity index (χ0n) is 19.1. The number of amides is 1. The van der Waals surface area contributed by atoms with Crippen molar-refractivity contribution in [3.63, 3.8) is 0 Å². The summed E-state index contributed by atoms with van der Waals surface area (Å²) in [4.78, 5) is 21.3. The Kier molecular flexibility index (Phi) is 6.14. The van der Waals surface area contributed by atoms with Crippen LogP contribution in [0.25, 0.3) is 16.0 Å². The number of nitrogens with one attached hydrogen (secondary N) is 1. The normalized spacial score (nSPS) is 11.0. The number of aromatic nitrogens is 3. The Labute approximate surface area is 192 Å². The molecule has 0 spiro atoms. The van der Waals surface area contributed by atoms with Crippen molar-refractivity contribution in [2.45, 2.75) is 20.4 Å². The average molecular weight is 449 g/mol. The van der Waals surface area contributed by atoms with Gasteiger partial charge in [-0.3, -0.25) is 4.79 Å². The largest absolute Gasteiger partial charge is 0.378 e. The van der Waals surface area contributed by atoms with Gasteiger partial charge in [0.15, 0.2) is 10.8 Å². The van der Waals surface area contributed by atoms with Crippen LogP contribution in [-0.4, -0.2) is 48.4 Å². The molecule has 1 amide bonds. The molecule has 0 radical (unpaired) electrons. The Morgan fingerprint density at radius 2 is 1.84 bits per heavy atom. The maximum Gasteiger partial charge on any atom is 0.239 e. The molecular formula is C24H28N6OS. The fourth-order valence-corrected chi connectivity index (χ4v) is 4.42. The maximum absolute atomic E-state index is 12.5. The van der Waals surface area contributed by atoms with Gasteiger partial charge in [-0.05, 0) is 49.2 Å². The summed E-state index contributed by atoms with van der Waals surface area (Å²) in [6.45, 7) is 4.79. The van der Waals surface area contributed by atoms with Crippen LogP contribution < -0.4 is 15.1 Å². The predicted molar refractivity (Wildman–Crippen MR) is 132 cm³/mol. The van der Waals surface area contributed by atoms with Crippen LogP contribution in [0.2, 0.25) is 0 Å². The van der Waals surface area contributed by atoms with Gasteiger partial charge in [-0.2, -0.15) is 10.1 Å². The zero-order chi connectivity index (χ0) is 22.8. The summed E-state index contributed by atoms with van der Waals surface area (Å²) in [6, 6.07) is 16.4. The minimum atomic E-state index is -0.0412. The number of benzene rings is 2. The maximum atomic E-state index is 12.5. The van der Waals surface area contributed by atoms with Crippen LogP contribution in [0.15, 0.2) is 48.5 Å². The Hall–Kier alpha value is -3.39. The molecule has 32 heavy (non-hydrogen) atoms. The molecular weight excluding hydrogens is 420 g/mol. The van der Waals surface area contributed by atoms with Crippen LogP contribution in [0.5, 0.6) is 0 Å². The number of thiazole rings is 1. The summed E-state index contributed by atoms with van der Waals surface area (Å²) < 4.78 is 2.91. The quantitative estimate of drug-likeness (QED) is 0.464. The van der Waals surface area contributed by atoms with Gasteiger partial charge >= 0.3 is 0 Å². The van der Waals surface area contributed by atoms with E-state index in [9.17, 15) is 4.79 Å². The van der Waals surface area contributed by atoms with Crippen LogP contribution >= 0.6 is 11.3 Å². The summed E-state index contributed by atoms with van der Waals surface area (Å²) in [5.41, 5.74) is 6.12. The SMILES string of the molecule is Cc1cccc(-n2nc(C)c3sc(N(C)CC(=O)NCc4ccc(N(C)C)cc4)nc32)c1. The van der Waals surface area contributed by atoms with Crippen LogP contribution in [0.4, 0.5) is 10.8 Å². The average Bonchev–Trinajstić information content (AvgIpc) is 3.33. The highest BCUT2D eigenvalue weighted by Crippen LogP contribution is 2.32. The molecule has 0 aliphatic carbocycles. The van der Waals surface area contributed by atoms with E-state index in [4.69, 9.17) is 4.98 Å². The molecule has 4 aromatic rings. The van der Waals surface area contributed by atoms with Gasteiger partial charge in [-0.15, -0.1) is 0 Å². The van der Waals surface area contributed by atoms with E-state index in [-0.39, 0.29) is 12.5 Å². The fraction of sp³-hybridized carbons (Fsp3) is 0.292. The Bertz CT molecular complexity index is 1240. The Morgan fingerprint density at radius 1 is 1.09 bits per heavy atom. The molecule has 0 aliphatic heterocycles. The van der Waals surface area contributed by atoms with Crippen LogP contribution in [0.3, 0.4) is 0 Å². The molecule has 0 atom stereocenters. The Balaban J connectivity index is 1.44. The van der Waals surface area contributed by atoms with Gasteiger partial charge in [0.2, 0.25) is 5.91 Å². The predicted octanol–water partition coefficient (Wildman–Crippen LogP) is 3.92. The molecule has 166 valence electrons. The van der Waals surface area contributed by atoms with Crippen LogP contribution in [0.1, 0.15) is 16.8 Å². The molecule has 0 saturated heterocycles. The van der Waals surface area contributed by atoms with Gasteiger partial charge in [0.05, 0.1) is 22.6 Å². The number of anilines is 2. The molecule has 0 unspecified atom stereocenters. The number of nitrogens with zero attached hydrogens (tertiary/aromatic N) is 5. The number of carbonyl (C=O) groups excluding carboxylic acids is 1. The molecule has 8 heteroatoms. The number of rotatable bonds is 7. The first kappa shape index (κ1) is 21.8. The van der Waals surface area contributed by atoms with Gasteiger partial charge in [0.1, 0.15) is 0 Å². The van der Waals surface area contributed by atoms with E-state index in [1.165, 1.54) is 5.56 Å². The standard InChI is InChI=1S/C24H28N6OS/c1-16-7-6-8-20(13-16)30-23-22(17(2)27-30)32-24(26-23)29(5)15-21(31)25-14-18-9-11-19(12-10-18)28(3)4/h6-13H,14-15H2,1-5H3,(H,25,31). The first-order valence-corrected chi connectivity index (χ1v) is 11.3. The zero-order valence-corrected chi connectivity index (χ0v) is 19.9. The van der Waals surface area contributed by atoms with Crippen molar-refractivity contribution in [3.8, 4) is 5.69 Å². The van der Waals surface area contributed by atoms with Gasteiger partial charge in [-0.1, -0.05) is 35.6 Å². The van der Waals surface area contributed by atoms with E-state index in [2.05, 4.69) is 46.5 Å². The lowest BCUT2D eigenvalue weighted by Gasteiger charge is -2.16. The second kappa shape index (κ2) is 9.00. The van der Waals surface area contributed by atoms with Crippen molar-refractivity contribution < 1.29 is 4.79 Å². The summed E-state index contributed by atoms with van der Waals surface area (Å²) in [5.74, 6) is -0.0412. The first-order chi connectivity index (χ1) is 15.3. The highest BCUT2D eigenvalue weighted by molar-refractivity contribution is 7.22. The molecule has 0 fully saturated rings. The van der Waals surface area contributed by atoms with Crippen molar-refractivity contribution in [1.29, 1.82) is 0 Å². The topological polar surface area (TPSA) is 66.3 Å². The number of carbonyl (C=O) groups is 1. The number of hydrogen-bond acceptors (Lipinski definition) is 6. The summed E-state index contributed by atoms with van der Waals surface area (Å²) in [5, 5.41) is 8.46. The molecule has 4 rings (SSSR count). The molecule has 2 heterocycles. The second-order valence-corrected chi connectivity index (χ2v) is 9.16.